The van der Waals surface area contributed by atoms with Gasteiger partial charge in [-0.15, -0.1) is 11.6 Å². The lowest BCUT2D eigenvalue weighted by Gasteiger charge is -2.33. The zero-order valence-corrected chi connectivity index (χ0v) is 11.1. The van der Waals surface area contributed by atoms with Gasteiger partial charge in [-0.1, -0.05) is 43.6 Å². The Bertz CT molecular complexity index is 374. The Morgan fingerprint density at radius 1 is 1.29 bits per heavy atom. The Balaban J connectivity index is 3.05. The van der Waals surface area contributed by atoms with Gasteiger partial charge in [-0.25, -0.2) is 0 Å². The van der Waals surface area contributed by atoms with Gasteiger partial charge in [-0.05, 0) is 18.4 Å². The van der Waals surface area contributed by atoms with Crippen LogP contribution in [-0.2, 0) is 10.3 Å². The standard InChI is InChI=1S/C13H17BClNO/c1-3-13(4-2,16-12(17)9-15)10-5-7-11(14)8-6-10/h5-8H,3-4,9H2,1-2H3,(H,16,17). The predicted molar refractivity (Wildman–Crippen MR) is 73.0 cm³/mol. The van der Waals surface area contributed by atoms with Crippen LogP contribution >= 0.6 is 11.6 Å². The van der Waals surface area contributed by atoms with Crippen LogP contribution in [0.2, 0.25) is 0 Å². The summed E-state index contributed by atoms with van der Waals surface area (Å²) >= 11 is 5.55. The number of hydrogen-bond donors (Lipinski definition) is 1. The molecule has 0 atom stereocenters. The van der Waals surface area contributed by atoms with E-state index in [1.54, 1.807) is 0 Å². The molecule has 0 aliphatic rings. The zero-order chi connectivity index (χ0) is 12.9. The van der Waals surface area contributed by atoms with Gasteiger partial charge in [0.15, 0.2) is 0 Å². The van der Waals surface area contributed by atoms with Crippen molar-refractivity contribution in [1.82, 2.24) is 5.32 Å². The van der Waals surface area contributed by atoms with Gasteiger partial charge in [-0.3, -0.25) is 4.79 Å². The molecule has 90 valence electrons. The summed E-state index contributed by atoms with van der Waals surface area (Å²) < 4.78 is 0. The maximum absolute atomic E-state index is 11.5. The fourth-order valence-electron chi connectivity index (χ4n) is 2.01. The van der Waals surface area contributed by atoms with Gasteiger partial charge in [0.2, 0.25) is 5.91 Å². The quantitative estimate of drug-likeness (QED) is 0.626. The van der Waals surface area contributed by atoms with Crippen molar-refractivity contribution >= 4 is 30.8 Å². The molecular formula is C13H17BClNO. The predicted octanol–water partition coefficient (Wildman–Crippen LogP) is 1.85. The van der Waals surface area contributed by atoms with E-state index in [4.69, 9.17) is 19.4 Å². The average Bonchev–Trinajstić information content (AvgIpc) is 2.37. The Morgan fingerprint density at radius 3 is 2.24 bits per heavy atom. The lowest BCUT2D eigenvalue weighted by Crippen LogP contribution is -2.45. The van der Waals surface area contributed by atoms with E-state index in [0.717, 1.165) is 23.9 Å². The maximum Gasteiger partial charge on any atom is 0.235 e. The molecule has 0 aliphatic carbocycles. The highest BCUT2D eigenvalue weighted by Crippen LogP contribution is 2.28. The first-order valence-corrected chi connectivity index (χ1v) is 6.34. The number of hydrogen-bond acceptors (Lipinski definition) is 1. The van der Waals surface area contributed by atoms with Crippen molar-refractivity contribution in [2.24, 2.45) is 0 Å². The molecule has 0 bridgehead atoms. The van der Waals surface area contributed by atoms with Gasteiger partial charge in [-0.2, -0.15) is 0 Å². The van der Waals surface area contributed by atoms with Crippen LogP contribution in [0.25, 0.3) is 0 Å². The molecule has 1 N–H and O–H groups in total. The number of halogens is 1. The van der Waals surface area contributed by atoms with Gasteiger partial charge in [0.1, 0.15) is 13.7 Å². The maximum atomic E-state index is 11.5. The summed E-state index contributed by atoms with van der Waals surface area (Å²) in [5, 5.41) is 3.00. The molecule has 0 unspecified atom stereocenters. The fraction of sp³-hybridized carbons (Fsp3) is 0.462. The van der Waals surface area contributed by atoms with Crippen LogP contribution in [-0.4, -0.2) is 19.6 Å². The third-order valence-electron chi connectivity index (χ3n) is 3.17. The fourth-order valence-corrected chi connectivity index (χ4v) is 2.08. The second-order valence-corrected chi connectivity index (χ2v) is 4.36. The van der Waals surface area contributed by atoms with Crippen LogP contribution in [0.3, 0.4) is 0 Å². The molecule has 0 saturated heterocycles. The molecule has 17 heavy (non-hydrogen) atoms. The lowest BCUT2D eigenvalue weighted by atomic mass is 9.82. The van der Waals surface area contributed by atoms with Crippen LogP contribution in [0.4, 0.5) is 0 Å². The molecule has 1 aromatic rings. The van der Waals surface area contributed by atoms with Crippen molar-refractivity contribution in [3.63, 3.8) is 0 Å². The molecule has 4 heteroatoms. The monoisotopic (exact) mass is 249 g/mol. The molecule has 2 radical (unpaired) electrons. The van der Waals surface area contributed by atoms with Crippen LogP contribution in [0.15, 0.2) is 24.3 Å². The van der Waals surface area contributed by atoms with Crippen molar-refractivity contribution in [3.05, 3.63) is 29.8 Å². The zero-order valence-electron chi connectivity index (χ0n) is 10.3. The Labute approximate surface area is 109 Å². The number of alkyl halides is 1. The number of rotatable bonds is 5. The summed E-state index contributed by atoms with van der Waals surface area (Å²) in [5.41, 5.74) is 1.44. The summed E-state index contributed by atoms with van der Waals surface area (Å²) in [6.45, 7) is 4.10. The summed E-state index contributed by atoms with van der Waals surface area (Å²) in [7, 11) is 5.67. The molecule has 0 heterocycles. The highest BCUT2D eigenvalue weighted by molar-refractivity contribution is 6.32. The molecule has 1 aromatic carbocycles. The van der Waals surface area contributed by atoms with Crippen molar-refractivity contribution in [2.75, 3.05) is 5.88 Å². The normalized spacial score (nSPS) is 11.2. The second kappa shape index (κ2) is 6.11. The van der Waals surface area contributed by atoms with Crippen molar-refractivity contribution < 1.29 is 4.79 Å². The highest BCUT2D eigenvalue weighted by Gasteiger charge is 2.29. The van der Waals surface area contributed by atoms with Crippen LogP contribution in [0.1, 0.15) is 32.3 Å². The molecule has 1 rings (SSSR count). The summed E-state index contributed by atoms with van der Waals surface area (Å²) in [6, 6.07) is 7.61. The molecule has 2 nitrogen and oxygen atoms in total. The van der Waals surface area contributed by atoms with Gasteiger partial charge >= 0.3 is 0 Å². The smallest absolute Gasteiger partial charge is 0.235 e. The molecule has 1 amide bonds. The van der Waals surface area contributed by atoms with Crippen LogP contribution in [0.5, 0.6) is 0 Å². The van der Waals surface area contributed by atoms with Crippen molar-refractivity contribution in [1.29, 1.82) is 0 Å². The minimum atomic E-state index is -0.348. The molecular weight excluding hydrogens is 232 g/mol. The molecule has 0 spiro atoms. The Morgan fingerprint density at radius 2 is 1.82 bits per heavy atom. The van der Waals surface area contributed by atoms with Crippen LogP contribution < -0.4 is 10.8 Å². The lowest BCUT2D eigenvalue weighted by molar-refractivity contribution is -0.120. The third kappa shape index (κ3) is 3.26. The van der Waals surface area contributed by atoms with Gasteiger partial charge in [0, 0.05) is 0 Å². The summed E-state index contributed by atoms with van der Waals surface area (Å²) in [6.07, 6.45) is 1.63. The van der Waals surface area contributed by atoms with E-state index in [1.165, 1.54) is 0 Å². The summed E-state index contributed by atoms with van der Waals surface area (Å²) in [5.74, 6) is -0.163. The van der Waals surface area contributed by atoms with Crippen molar-refractivity contribution in [3.8, 4) is 0 Å². The number of nitrogens with one attached hydrogen (secondary N) is 1. The first kappa shape index (κ1) is 14.1. The minimum absolute atomic E-state index is 0.0171. The molecule has 0 aromatic heterocycles. The molecule has 0 saturated carbocycles. The largest absolute Gasteiger partial charge is 0.346 e. The van der Waals surface area contributed by atoms with E-state index in [9.17, 15) is 4.79 Å². The van der Waals surface area contributed by atoms with Gasteiger partial charge < -0.3 is 5.32 Å². The third-order valence-corrected chi connectivity index (χ3v) is 3.41. The van der Waals surface area contributed by atoms with Crippen molar-refractivity contribution in [2.45, 2.75) is 32.2 Å². The topological polar surface area (TPSA) is 29.1 Å². The summed E-state index contributed by atoms with van der Waals surface area (Å²) in [4.78, 5) is 11.5. The molecule has 0 fully saturated rings. The van der Waals surface area contributed by atoms with E-state index < -0.39 is 0 Å². The Hall–Kier alpha value is -0.955. The van der Waals surface area contributed by atoms with E-state index in [-0.39, 0.29) is 17.3 Å². The van der Waals surface area contributed by atoms with Crippen LogP contribution in [0, 0.1) is 0 Å². The number of carbonyl (C=O) groups is 1. The first-order valence-electron chi connectivity index (χ1n) is 5.81. The van der Waals surface area contributed by atoms with E-state index in [0.29, 0.717) is 0 Å². The number of benzene rings is 1. The molecule has 0 aliphatic heterocycles. The van der Waals surface area contributed by atoms with Gasteiger partial charge in [0.05, 0.1) is 5.54 Å². The Kier molecular flexibility index (Phi) is 5.07. The minimum Gasteiger partial charge on any atom is -0.346 e. The second-order valence-electron chi connectivity index (χ2n) is 4.09. The highest BCUT2D eigenvalue weighted by atomic mass is 35.5. The van der Waals surface area contributed by atoms with E-state index >= 15 is 0 Å². The SMILES string of the molecule is [B]c1ccc(C(CC)(CC)NC(=O)CCl)cc1. The van der Waals surface area contributed by atoms with E-state index in [1.807, 2.05) is 38.1 Å². The van der Waals surface area contributed by atoms with E-state index in [2.05, 4.69) is 5.32 Å². The average molecular weight is 250 g/mol. The number of amides is 1. The van der Waals surface area contributed by atoms with Gasteiger partial charge in [0.25, 0.3) is 0 Å². The first-order chi connectivity index (χ1) is 8.07. The number of carbonyl (C=O) groups excluding carboxylic acids is 1.